The maximum Gasteiger partial charge on any atom is 0.238 e. The highest BCUT2D eigenvalue weighted by Gasteiger charge is 2.31. The summed E-state index contributed by atoms with van der Waals surface area (Å²) in [5.74, 6) is 1.32. The van der Waals surface area contributed by atoms with Crippen LogP contribution in [-0.2, 0) is 11.3 Å². The molecule has 0 unspecified atom stereocenters. The summed E-state index contributed by atoms with van der Waals surface area (Å²) in [5, 5.41) is 2.88. The quantitative estimate of drug-likeness (QED) is 0.672. The zero-order valence-corrected chi connectivity index (χ0v) is 16.5. The molecule has 1 fully saturated rings. The van der Waals surface area contributed by atoms with Crippen molar-refractivity contribution in [2.75, 3.05) is 26.1 Å². The van der Waals surface area contributed by atoms with Crippen LogP contribution in [0.4, 0.5) is 5.69 Å². The Balaban J connectivity index is 1.72. The Morgan fingerprint density at radius 2 is 1.86 bits per heavy atom. The Morgan fingerprint density at radius 1 is 1.11 bits per heavy atom. The third-order valence-electron chi connectivity index (χ3n) is 4.85. The van der Waals surface area contributed by atoms with Crippen molar-refractivity contribution in [3.8, 4) is 11.5 Å². The van der Waals surface area contributed by atoms with Gasteiger partial charge in [0.2, 0.25) is 5.91 Å². The van der Waals surface area contributed by atoms with Gasteiger partial charge in [-0.25, -0.2) is 0 Å². The minimum atomic E-state index is -0.137. The van der Waals surface area contributed by atoms with Crippen molar-refractivity contribution in [2.45, 2.75) is 32.4 Å². The number of carbonyl (C=O) groups excluding carboxylic acids is 2. The first kappa shape index (κ1) is 19.9. The number of ether oxygens (including phenoxy) is 2. The monoisotopic (exact) mass is 382 g/mol. The second-order valence-corrected chi connectivity index (χ2v) is 6.96. The number of benzene rings is 2. The summed E-state index contributed by atoms with van der Waals surface area (Å²) < 4.78 is 10.8. The van der Waals surface area contributed by atoms with Crippen molar-refractivity contribution >= 4 is 17.4 Å². The molecule has 1 N–H and O–H groups in total. The van der Waals surface area contributed by atoms with Crippen LogP contribution in [0.5, 0.6) is 11.5 Å². The number of hydrogen-bond donors (Lipinski definition) is 1. The molecule has 0 atom stereocenters. The van der Waals surface area contributed by atoms with Gasteiger partial charge in [-0.15, -0.1) is 0 Å². The topological polar surface area (TPSA) is 67.9 Å². The Morgan fingerprint density at radius 3 is 2.50 bits per heavy atom. The molecule has 3 rings (SSSR count). The number of methoxy groups -OCH3 is 2. The molecule has 0 aliphatic heterocycles. The summed E-state index contributed by atoms with van der Waals surface area (Å²) in [6.07, 6.45) is 2.15. The number of nitrogens with zero attached hydrogens (tertiary/aromatic N) is 1. The Bertz CT molecular complexity index is 861. The molecule has 0 heterocycles. The number of amides is 1. The van der Waals surface area contributed by atoms with Gasteiger partial charge in [0.1, 0.15) is 11.5 Å². The normalized spacial score (nSPS) is 13.3. The summed E-state index contributed by atoms with van der Waals surface area (Å²) in [4.78, 5) is 26.6. The summed E-state index contributed by atoms with van der Waals surface area (Å²) in [7, 11) is 3.27. The molecule has 2 aromatic carbocycles. The van der Waals surface area contributed by atoms with E-state index in [1.807, 2.05) is 24.3 Å². The van der Waals surface area contributed by atoms with Gasteiger partial charge >= 0.3 is 0 Å². The van der Waals surface area contributed by atoms with Crippen molar-refractivity contribution in [3.63, 3.8) is 0 Å². The van der Waals surface area contributed by atoms with E-state index < -0.39 is 0 Å². The molecule has 1 aliphatic carbocycles. The highest BCUT2D eigenvalue weighted by Crippen LogP contribution is 2.31. The third kappa shape index (κ3) is 4.89. The zero-order chi connectivity index (χ0) is 20.1. The predicted molar refractivity (Wildman–Crippen MR) is 108 cm³/mol. The minimum Gasteiger partial charge on any atom is -0.497 e. The van der Waals surface area contributed by atoms with E-state index in [1.54, 1.807) is 32.4 Å². The molecular formula is C22H26N2O4. The van der Waals surface area contributed by atoms with Crippen molar-refractivity contribution in [2.24, 2.45) is 0 Å². The average molecular weight is 382 g/mol. The highest BCUT2D eigenvalue weighted by atomic mass is 16.5. The molecule has 0 spiro atoms. The fourth-order valence-electron chi connectivity index (χ4n) is 3.25. The van der Waals surface area contributed by atoms with E-state index in [0.29, 0.717) is 23.8 Å². The van der Waals surface area contributed by atoms with Crippen molar-refractivity contribution in [1.82, 2.24) is 4.90 Å². The van der Waals surface area contributed by atoms with E-state index in [0.717, 1.165) is 29.9 Å². The van der Waals surface area contributed by atoms with Gasteiger partial charge in [-0.1, -0.05) is 12.1 Å². The van der Waals surface area contributed by atoms with Crippen LogP contribution in [0, 0.1) is 0 Å². The molecule has 0 aromatic heterocycles. The van der Waals surface area contributed by atoms with Gasteiger partial charge in [-0.05, 0) is 50.1 Å². The van der Waals surface area contributed by atoms with Crippen LogP contribution in [0.15, 0.2) is 42.5 Å². The molecule has 0 saturated heterocycles. The van der Waals surface area contributed by atoms with Gasteiger partial charge in [-0.2, -0.15) is 0 Å². The van der Waals surface area contributed by atoms with E-state index in [-0.39, 0.29) is 18.2 Å². The number of nitrogens with one attached hydrogen (secondary N) is 1. The third-order valence-corrected chi connectivity index (χ3v) is 4.85. The smallest absolute Gasteiger partial charge is 0.238 e. The first-order valence-electron chi connectivity index (χ1n) is 9.36. The van der Waals surface area contributed by atoms with E-state index in [4.69, 9.17) is 9.47 Å². The van der Waals surface area contributed by atoms with Crippen LogP contribution < -0.4 is 14.8 Å². The van der Waals surface area contributed by atoms with Gasteiger partial charge in [0.15, 0.2) is 5.78 Å². The van der Waals surface area contributed by atoms with Crippen LogP contribution in [0.25, 0.3) is 0 Å². The number of hydrogen-bond acceptors (Lipinski definition) is 5. The maximum absolute atomic E-state index is 12.7. The lowest BCUT2D eigenvalue weighted by molar-refractivity contribution is -0.117. The lowest BCUT2D eigenvalue weighted by Crippen LogP contribution is -2.34. The Kier molecular flexibility index (Phi) is 6.31. The maximum atomic E-state index is 12.7. The zero-order valence-electron chi connectivity index (χ0n) is 16.5. The first-order chi connectivity index (χ1) is 13.5. The minimum absolute atomic E-state index is 0.0731. The van der Waals surface area contributed by atoms with Crippen LogP contribution in [0.1, 0.15) is 35.7 Å². The van der Waals surface area contributed by atoms with Gasteiger partial charge in [-0.3, -0.25) is 14.5 Å². The fourth-order valence-corrected chi connectivity index (χ4v) is 3.25. The second-order valence-electron chi connectivity index (χ2n) is 6.96. The number of anilines is 1. The van der Waals surface area contributed by atoms with E-state index in [2.05, 4.69) is 10.2 Å². The molecule has 1 amide bonds. The molecule has 2 aromatic rings. The van der Waals surface area contributed by atoms with E-state index in [9.17, 15) is 9.59 Å². The highest BCUT2D eigenvalue weighted by molar-refractivity contribution is 6.04. The number of rotatable bonds is 9. The molecular weight excluding hydrogens is 356 g/mol. The fraction of sp³-hybridized carbons (Fsp3) is 0.364. The molecule has 6 heteroatoms. The molecule has 0 bridgehead atoms. The lowest BCUT2D eigenvalue weighted by atomic mass is 10.1. The van der Waals surface area contributed by atoms with E-state index >= 15 is 0 Å². The average Bonchev–Trinajstić information content (AvgIpc) is 3.53. The first-order valence-corrected chi connectivity index (χ1v) is 9.36. The Hall–Kier alpha value is -2.86. The van der Waals surface area contributed by atoms with Crippen LogP contribution in [0.2, 0.25) is 0 Å². The predicted octanol–water partition coefficient (Wildman–Crippen LogP) is 3.51. The Labute approximate surface area is 165 Å². The SMILES string of the molecule is COc1ccc(OC)c(CN(CC(=O)Nc2ccccc2C(C)=O)C2CC2)c1. The standard InChI is InChI=1S/C22H26N2O4/c1-15(25)19-6-4-5-7-20(19)23-22(26)14-24(17-8-9-17)13-16-12-18(27-2)10-11-21(16)28-3/h4-7,10-12,17H,8-9,13-14H2,1-3H3,(H,23,26). The summed E-state index contributed by atoms with van der Waals surface area (Å²) in [6, 6.07) is 13.1. The molecule has 1 aliphatic rings. The number of carbonyl (C=O) groups is 2. The molecule has 28 heavy (non-hydrogen) atoms. The van der Waals surface area contributed by atoms with Crippen molar-refractivity contribution < 1.29 is 19.1 Å². The number of ketones is 1. The van der Waals surface area contributed by atoms with Crippen molar-refractivity contribution in [3.05, 3.63) is 53.6 Å². The van der Waals surface area contributed by atoms with E-state index in [1.165, 1.54) is 6.92 Å². The summed E-state index contributed by atoms with van der Waals surface area (Å²) >= 11 is 0. The summed E-state index contributed by atoms with van der Waals surface area (Å²) in [6.45, 7) is 2.33. The summed E-state index contributed by atoms with van der Waals surface area (Å²) in [5.41, 5.74) is 2.05. The largest absolute Gasteiger partial charge is 0.497 e. The van der Waals surface area contributed by atoms with Crippen LogP contribution in [0.3, 0.4) is 0 Å². The second kappa shape index (κ2) is 8.89. The molecule has 1 saturated carbocycles. The van der Waals surface area contributed by atoms with Crippen LogP contribution >= 0.6 is 0 Å². The molecule has 6 nitrogen and oxygen atoms in total. The van der Waals surface area contributed by atoms with Gasteiger partial charge in [0.25, 0.3) is 0 Å². The number of para-hydroxylation sites is 1. The molecule has 0 radical (unpaired) electrons. The number of Topliss-reactive ketones (excluding diaryl/α,β-unsaturated/α-hetero) is 1. The van der Waals surface area contributed by atoms with Gasteiger partial charge in [0.05, 0.1) is 26.5 Å². The molecule has 148 valence electrons. The van der Waals surface area contributed by atoms with Crippen LogP contribution in [-0.4, -0.2) is 43.4 Å². The lowest BCUT2D eigenvalue weighted by Gasteiger charge is -2.23. The van der Waals surface area contributed by atoms with Gasteiger partial charge < -0.3 is 14.8 Å². The van der Waals surface area contributed by atoms with Crippen molar-refractivity contribution in [1.29, 1.82) is 0 Å². The van der Waals surface area contributed by atoms with Gasteiger partial charge in [0, 0.05) is 23.7 Å².